The normalized spacial score (nSPS) is 20.5. The van der Waals surface area contributed by atoms with Gasteiger partial charge >= 0.3 is 0 Å². The highest BCUT2D eigenvalue weighted by atomic mass is 35.5. The number of halogens is 1. The summed E-state index contributed by atoms with van der Waals surface area (Å²) in [5.41, 5.74) is -0.315. The molecule has 0 radical (unpaired) electrons. The largest absolute Gasteiger partial charge is 0.378 e. The van der Waals surface area contributed by atoms with Gasteiger partial charge in [-0.15, -0.1) is 6.42 Å². The highest BCUT2D eigenvalue weighted by Crippen LogP contribution is 2.21. The standard InChI is InChI=1S/C12H14ClN3O3S/c1-2-5-16-12(17)11(10(13)8-15-16)14-7-9-4-3-6-20(9,18)19/h1,8-9,14H,3-7H2. The number of aromatic nitrogens is 2. The minimum atomic E-state index is -3.07. The van der Waals surface area contributed by atoms with Crippen LogP contribution >= 0.6 is 11.6 Å². The van der Waals surface area contributed by atoms with Gasteiger partial charge in [-0.05, 0) is 12.8 Å². The van der Waals surface area contributed by atoms with Crippen molar-refractivity contribution in [3.05, 3.63) is 21.6 Å². The molecule has 1 aliphatic rings. The van der Waals surface area contributed by atoms with Crippen molar-refractivity contribution in [1.82, 2.24) is 9.78 Å². The molecule has 1 unspecified atom stereocenters. The molecule has 2 heterocycles. The number of anilines is 1. The SMILES string of the molecule is C#CCn1ncc(Cl)c(NCC2CCCS2(=O)=O)c1=O. The lowest BCUT2D eigenvalue weighted by molar-refractivity contribution is 0.591. The highest BCUT2D eigenvalue weighted by molar-refractivity contribution is 7.92. The molecule has 1 saturated heterocycles. The predicted molar refractivity (Wildman–Crippen MR) is 77.6 cm³/mol. The molecule has 8 heteroatoms. The average molecular weight is 316 g/mol. The number of hydrogen-bond acceptors (Lipinski definition) is 5. The number of terminal acetylenes is 1. The highest BCUT2D eigenvalue weighted by Gasteiger charge is 2.31. The summed E-state index contributed by atoms with van der Waals surface area (Å²) in [4.78, 5) is 12.1. The Balaban J connectivity index is 2.20. The fourth-order valence-electron chi connectivity index (χ4n) is 2.13. The van der Waals surface area contributed by atoms with Crippen LogP contribution in [-0.2, 0) is 16.4 Å². The van der Waals surface area contributed by atoms with Gasteiger partial charge in [0.1, 0.15) is 12.2 Å². The van der Waals surface area contributed by atoms with Crippen LogP contribution in [0.25, 0.3) is 0 Å². The Bertz CT molecular complexity index is 706. The molecule has 0 aliphatic carbocycles. The van der Waals surface area contributed by atoms with Crippen molar-refractivity contribution < 1.29 is 8.42 Å². The van der Waals surface area contributed by atoms with Gasteiger partial charge in [0.15, 0.2) is 9.84 Å². The minimum absolute atomic E-state index is 0.0341. The predicted octanol–water partition coefficient (Wildman–Crippen LogP) is 0.519. The van der Waals surface area contributed by atoms with Gasteiger partial charge in [-0.25, -0.2) is 13.1 Å². The van der Waals surface area contributed by atoms with Crippen LogP contribution in [0.15, 0.2) is 11.0 Å². The molecule has 1 N–H and O–H groups in total. The Hall–Kier alpha value is -1.52. The number of sulfone groups is 1. The van der Waals surface area contributed by atoms with E-state index in [1.807, 2.05) is 0 Å². The minimum Gasteiger partial charge on any atom is -0.378 e. The summed E-state index contributed by atoms with van der Waals surface area (Å²) in [5, 5.41) is 6.30. The first-order valence-electron chi connectivity index (χ1n) is 6.10. The van der Waals surface area contributed by atoms with Crippen molar-refractivity contribution in [2.75, 3.05) is 17.6 Å². The molecule has 1 aliphatic heterocycles. The molecule has 1 aromatic heterocycles. The second kappa shape index (κ2) is 5.85. The van der Waals surface area contributed by atoms with Crippen molar-refractivity contribution in [2.45, 2.75) is 24.6 Å². The Labute approximate surface area is 122 Å². The fraction of sp³-hybridized carbons (Fsp3) is 0.500. The number of nitrogens with one attached hydrogen (secondary N) is 1. The van der Waals surface area contributed by atoms with Crippen LogP contribution in [0.5, 0.6) is 0 Å². The molecule has 20 heavy (non-hydrogen) atoms. The zero-order chi connectivity index (χ0) is 14.8. The van der Waals surface area contributed by atoms with E-state index in [2.05, 4.69) is 16.3 Å². The van der Waals surface area contributed by atoms with Crippen molar-refractivity contribution >= 4 is 27.1 Å². The summed E-state index contributed by atoms with van der Waals surface area (Å²) in [5.74, 6) is 2.51. The molecule has 2 rings (SSSR count). The lowest BCUT2D eigenvalue weighted by atomic mass is 10.2. The third-order valence-corrected chi connectivity index (χ3v) is 5.77. The summed E-state index contributed by atoms with van der Waals surface area (Å²) in [6.45, 7) is 0.198. The molecular weight excluding hydrogens is 302 g/mol. The molecule has 0 spiro atoms. The molecule has 1 aromatic rings. The van der Waals surface area contributed by atoms with Crippen LogP contribution in [0.4, 0.5) is 5.69 Å². The van der Waals surface area contributed by atoms with Crippen LogP contribution in [0.2, 0.25) is 5.02 Å². The van der Waals surface area contributed by atoms with E-state index in [0.717, 1.165) is 4.68 Å². The van der Waals surface area contributed by atoms with E-state index >= 15 is 0 Å². The van der Waals surface area contributed by atoms with Crippen LogP contribution < -0.4 is 10.9 Å². The van der Waals surface area contributed by atoms with Crippen molar-refractivity contribution in [2.24, 2.45) is 0 Å². The lowest BCUT2D eigenvalue weighted by Gasteiger charge is -2.13. The van der Waals surface area contributed by atoms with E-state index in [9.17, 15) is 13.2 Å². The van der Waals surface area contributed by atoms with Gasteiger partial charge < -0.3 is 5.32 Å². The van der Waals surface area contributed by atoms with Crippen molar-refractivity contribution in [1.29, 1.82) is 0 Å². The molecule has 0 saturated carbocycles. The van der Waals surface area contributed by atoms with E-state index in [1.54, 1.807) is 0 Å². The smallest absolute Gasteiger partial charge is 0.292 e. The summed E-state index contributed by atoms with van der Waals surface area (Å²) in [6.07, 6.45) is 7.70. The van der Waals surface area contributed by atoms with E-state index in [-0.39, 0.29) is 29.6 Å². The second-order valence-corrected chi connectivity index (χ2v) is 7.35. The topological polar surface area (TPSA) is 81.1 Å². The summed E-state index contributed by atoms with van der Waals surface area (Å²) >= 11 is 5.92. The molecule has 1 atom stereocenters. The van der Waals surface area contributed by atoms with Gasteiger partial charge in [0, 0.05) is 6.54 Å². The van der Waals surface area contributed by atoms with Gasteiger partial charge in [-0.1, -0.05) is 17.5 Å². The maximum Gasteiger partial charge on any atom is 0.292 e. The summed E-state index contributed by atoms with van der Waals surface area (Å²) < 4.78 is 24.5. The van der Waals surface area contributed by atoms with E-state index in [4.69, 9.17) is 18.0 Å². The number of hydrogen-bond donors (Lipinski definition) is 1. The first kappa shape index (κ1) is 14.9. The maximum atomic E-state index is 12.1. The Morgan fingerprint density at radius 2 is 2.35 bits per heavy atom. The van der Waals surface area contributed by atoms with Crippen LogP contribution in [0.1, 0.15) is 12.8 Å². The molecule has 0 bridgehead atoms. The fourth-order valence-corrected chi connectivity index (χ4v) is 4.09. The van der Waals surface area contributed by atoms with Crippen LogP contribution in [0.3, 0.4) is 0 Å². The Kier molecular flexibility index (Phi) is 4.35. The Morgan fingerprint density at radius 3 is 2.95 bits per heavy atom. The first-order valence-corrected chi connectivity index (χ1v) is 8.19. The van der Waals surface area contributed by atoms with E-state index in [1.165, 1.54) is 6.20 Å². The lowest BCUT2D eigenvalue weighted by Crippen LogP contribution is -2.30. The molecule has 6 nitrogen and oxygen atoms in total. The zero-order valence-electron chi connectivity index (χ0n) is 10.7. The number of rotatable bonds is 4. The molecule has 108 valence electrons. The van der Waals surface area contributed by atoms with Crippen LogP contribution in [0, 0.1) is 12.3 Å². The van der Waals surface area contributed by atoms with Gasteiger partial charge in [0.25, 0.3) is 5.56 Å². The molecule has 0 amide bonds. The van der Waals surface area contributed by atoms with Crippen molar-refractivity contribution in [3.8, 4) is 12.3 Å². The quantitative estimate of drug-likeness (QED) is 0.819. The third-order valence-electron chi connectivity index (χ3n) is 3.21. The van der Waals surface area contributed by atoms with Gasteiger partial charge in [0.05, 0.1) is 22.2 Å². The van der Waals surface area contributed by atoms with E-state index < -0.39 is 20.6 Å². The van der Waals surface area contributed by atoms with Gasteiger partial charge in [0.2, 0.25) is 0 Å². The first-order chi connectivity index (χ1) is 9.45. The summed E-state index contributed by atoms with van der Waals surface area (Å²) in [6, 6.07) is 0. The van der Waals surface area contributed by atoms with E-state index in [0.29, 0.717) is 12.8 Å². The zero-order valence-corrected chi connectivity index (χ0v) is 12.2. The maximum absolute atomic E-state index is 12.1. The number of nitrogens with zero attached hydrogens (tertiary/aromatic N) is 2. The molecule has 1 fully saturated rings. The van der Waals surface area contributed by atoms with Gasteiger partial charge in [-0.3, -0.25) is 4.79 Å². The second-order valence-electron chi connectivity index (χ2n) is 4.55. The van der Waals surface area contributed by atoms with Gasteiger partial charge in [-0.2, -0.15) is 5.10 Å². The summed E-state index contributed by atoms with van der Waals surface area (Å²) in [7, 11) is -3.07. The monoisotopic (exact) mass is 315 g/mol. The molecular formula is C12H14ClN3O3S. The Morgan fingerprint density at radius 1 is 1.60 bits per heavy atom. The molecule has 0 aromatic carbocycles. The third kappa shape index (κ3) is 2.97. The van der Waals surface area contributed by atoms with Crippen LogP contribution in [-0.4, -0.2) is 35.7 Å². The van der Waals surface area contributed by atoms with Crippen molar-refractivity contribution in [3.63, 3.8) is 0 Å². The average Bonchev–Trinajstić information content (AvgIpc) is 2.72.